The van der Waals surface area contributed by atoms with Crippen LogP contribution in [0.3, 0.4) is 0 Å². The maximum atomic E-state index is 11.3. The number of carboxylic acids is 1. The third kappa shape index (κ3) is 7.06. The van der Waals surface area contributed by atoms with Crippen molar-refractivity contribution in [2.45, 2.75) is 44.7 Å². The van der Waals surface area contributed by atoms with Crippen LogP contribution in [0.1, 0.15) is 33.1 Å². The van der Waals surface area contributed by atoms with Crippen molar-refractivity contribution in [2.24, 2.45) is 0 Å². The normalized spacial score (nSPS) is 13.2. The molecule has 18 heavy (non-hydrogen) atoms. The van der Waals surface area contributed by atoms with E-state index in [9.17, 15) is 9.59 Å². The highest BCUT2D eigenvalue weighted by atomic mass is 16.4. The van der Waals surface area contributed by atoms with Crippen LogP contribution in [0.2, 0.25) is 0 Å². The van der Waals surface area contributed by atoms with Crippen LogP contribution >= 0.6 is 0 Å². The molecule has 0 aromatic heterocycles. The first-order valence-corrected chi connectivity index (χ1v) is 6.01. The van der Waals surface area contributed by atoms with Crippen molar-refractivity contribution in [3.8, 4) is 0 Å². The van der Waals surface area contributed by atoms with Crippen molar-refractivity contribution < 1.29 is 14.7 Å². The van der Waals surface area contributed by atoms with E-state index in [2.05, 4.69) is 11.9 Å². The minimum Gasteiger partial charge on any atom is -0.481 e. The molecule has 0 aliphatic heterocycles. The Morgan fingerprint density at radius 3 is 2.39 bits per heavy atom. The molecule has 1 unspecified atom stereocenters. The molecule has 0 rings (SSSR count). The first-order valence-electron chi connectivity index (χ1n) is 6.01. The number of carboxylic acid groups (broad SMARTS) is 1. The predicted molar refractivity (Wildman–Crippen MR) is 71.4 cm³/mol. The molecule has 104 valence electrons. The molecule has 0 radical (unpaired) electrons. The van der Waals surface area contributed by atoms with Gasteiger partial charge in [0.05, 0.1) is 0 Å². The van der Waals surface area contributed by atoms with Gasteiger partial charge in [0.2, 0.25) is 5.91 Å². The van der Waals surface area contributed by atoms with Gasteiger partial charge in [-0.1, -0.05) is 6.58 Å². The van der Waals surface area contributed by atoms with Gasteiger partial charge in [0.1, 0.15) is 0 Å². The summed E-state index contributed by atoms with van der Waals surface area (Å²) in [7, 11) is 3.83. The minimum atomic E-state index is -0.796. The second kappa shape index (κ2) is 7.16. The van der Waals surface area contributed by atoms with Crippen molar-refractivity contribution in [3.05, 3.63) is 12.7 Å². The molecule has 0 saturated carbocycles. The fourth-order valence-corrected chi connectivity index (χ4v) is 1.86. The summed E-state index contributed by atoms with van der Waals surface area (Å²) in [4.78, 5) is 23.9. The van der Waals surface area contributed by atoms with E-state index >= 15 is 0 Å². The summed E-state index contributed by atoms with van der Waals surface area (Å²) in [5.41, 5.74) is -0.390. The molecule has 2 N–H and O–H groups in total. The molecule has 5 heteroatoms. The summed E-state index contributed by atoms with van der Waals surface area (Å²) >= 11 is 0. The quantitative estimate of drug-likeness (QED) is 0.641. The molecule has 0 aliphatic carbocycles. The summed E-state index contributed by atoms with van der Waals surface area (Å²) < 4.78 is 0. The van der Waals surface area contributed by atoms with E-state index in [0.717, 1.165) is 0 Å². The second-order valence-electron chi connectivity index (χ2n) is 5.33. The van der Waals surface area contributed by atoms with Crippen LogP contribution in [0, 0.1) is 0 Å². The third-order valence-electron chi connectivity index (χ3n) is 2.81. The van der Waals surface area contributed by atoms with E-state index < -0.39 is 11.5 Å². The topological polar surface area (TPSA) is 69.6 Å². The van der Waals surface area contributed by atoms with E-state index in [1.165, 1.54) is 6.08 Å². The summed E-state index contributed by atoms with van der Waals surface area (Å²) in [6.45, 7) is 7.26. The van der Waals surface area contributed by atoms with E-state index in [1.807, 2.05) is 32.8 Å². The number of nitrogens with zero attached hydrogens (tertiary/aromatic N) is 1. The number of carbonyl (C=O) groups is 2. The molecule has 0 saturated heterocycles. The first-order chi connectivity index (χ1) is 8.18. The van der Waals surface area contributed by atoms with Crippen LogP contribution in [-0.2, 0) is 9.59 Å². The van der Waals surface area contributed by atoms with Gasteiger partial charge in [0.15, 0.2) is 0 Å². The van der Waals surface area contributed by atoms with Crippen LogP contribution < -0.4 is 5.32 Å². The highest BCUT2D eigenvalue weighted by Gasteiger charge is 2.25. The molecule has 0 aliphatic rings. The molecule has 0 heterocycles. The van der Waals surface area contributed by atoms with Gasteiger partial charge in [-0.05, 0) is 46.9 Å². The number of aliphatic carboxylic acids is 1. The van der Waals surface area contributed by atoms with E-state index in [4.69, 9.17) is 5.11 Å². The number of nitrogens with one attached hydrogen (secondary N) is 1. The minimum absolute atomic E-state index is 0.112. The van der Waals surface area contributed by atoms with E-state index in [1.54, 1.807) is 0 Å². The Morgan fingerprint density at radius 2 is 2.00 bits per heavy atom. The maximum Gasteiger partial charge on any atom is 0.303 e. The molecule has 5 nitrogen and oxygen atoms in total. The van der Waals surface area contributed by atoms with Gasteiger partial charge < -0.3 is 15.3 Å². The second-order valence-corrected chi connectivity index (χ2v) is 5.33. The highest BCUT2D eigenvalue weighted by molar-refractivity contribution is 5.87. The Balaban J connectivity index is 4.50. The fraction of sp³-hybridized carbons (Fsp3) is 0.692. The van der Waals surface area contributed by atoms with Crippen LogP contribution in [0.15, 0.2) is 12.7 Å². The van der Waals surface area contributed by atoms with E-state index in [0.29, 0.717) is 12.8 Å². The molecule has 0 bridgehead atoms. The average molecular weight is 256 g/mol. The molecule has 0 aromatic rings. The van der Waals surface area contributed by atoms with Crippen molar-refractivity contribution in [1.29, 1.82) is 0 Å². The molecular formula is C13H24N2O3. The average Bonchev–Trinajstić information content (AvgIpc) is 2.22. The van der Waals surface area contributed by atoms with Gasteiger partial charge in [-0.3, -0.25) is 9.59 Å². The van der Waals surface area contributed by atoms with Crippen molar-refractivity contribution in [1.82, 2.24) is 10.2 Å². The lowest BCUT2D eigenvalue weighted by Gasteiger charge is -2.33. The molecule has 0 fully saturated rings. The lowest BCUT2D eigenvalue weighted by Crippen LogP contribution is -2.47. The number of carbonyl (C=O) groups excluding carboxylic acids is 1. The van der Waals surface area contributed by atoms with Crippen LogP contribution in [0.25, 0.3) is 0 Å². The largest absolute Gasteiger partial charge is 0.481 e. The Morgan fingerprint density at radius 1 is 1.44 bits per heavy atom. The van der Waals surface area contributed by atoms with Gasteiger partial charge in [0.25, 0.3) is 0 Å². The molecule has 1 amide bonds. The summed E-state index contributed by atoms with van der Waals surface area (Å²) in [6.07, 6.45) is 2.63. The van der Waals surface area contributed by atoms with Crippen LogP contribution in [0.5, 0.6) is 0 Å². The number of amides is 1. The first kappa shape index (κ1) is 16.6. The third-order valence-corrected chi connectivity index (χ3v) is 2.81. The Labute approximate surface area is 109 Å². The SMILES string of the molecule is C=CC(=O)NC(C)(C)CC(CCC(=O)O)N(C)C. The Bertz CT molecular complexity index is 311. The summed E-state index contributed by atoms with van der Waals surface area (Å²) in [5, 5.41) is 11.6. The zero-order valence-electron chi connectivity index (χ0n) is 11.7. The standard InChI is InChI=1S/C13H24N2O3/c1-6-11(16)14-13(2,3)9-10(15(4)5)7-8-12(17)18/h6,10H,1,7-9H2,2-5H3,(H,14,16)(H,17,18). The number of hydrogen-bond donors (Lipinski definition) is 2. The molecule has 1 atom stereocenters. The maximum absolute atomic E-state index is 11.3. The lowest BCUT2D eigenvalue weighted by atomic mass is 9.92. The lowest BCUT2D eigenvalue weighted by molar-refractivity contribution is -0.137. The van der Waals surface area contributed by atoms with Gasteiger partial charge in [-0.15, -0.1) is 0 Å². The molecule has 0 spiro atoms. The zero-order chi connectivity index (χ0) is 14.3. The van der Waals surface area contributed by atoms with Gasteiger partial charge in [0, 0.05) is 18.0 Å². The van der Waals surface area contributed by atoms with Gasteiger partial charge in [-0.25, -0.2) is 0 Å². The summed E-state index contributed by atoms with van der Waals surface area (Å²) in [6, 6.07) is 0.112. The predicted octanol–water partition coefficient (Wildman–Crippen LogP) is 1.25. The van der Waals surface area contributed by atoms with Crippen LogP contribution in [0.4, 0.5) is 0 Å². The molecular weight excluding hydrogens is 232 g/mol. The fourth-order valence-electron chi connectivity index (χ4n) is 1.86. The zero-order valence-corrected chi connectivity index (χ0v) is 11.7. The smallest absolute Gasteiger partial charge is 0.303 e. The summed E-state index contributed by atoms with van der Waals surface area (Å²) in [5.74, 6) is -1.01. The Hall–Kier alpha value is -1.36. The Kier molecular flexibility index (Phi) is 6.62. The van der Waals surface area contributed by atoms with Crippen molar-refractivity contribution >= 4 is 11.9 Å². The van der Waals surface area contributed by atoms with E-state index in [-0.39, 0.29) is 18.4 Å². The highest BCUT2D eigenvalue weighted by Crippen LogP contribution is 2.18. The van der Waals surface area contributed by atoms with Crippen LogP contribution in [-0.4, -0.2) is 47.6 Å². The molecule has 0 aromatic carbocycles. The van der Waals surface area contributed by atoms with Gasteiger partial charge in [-0.2, -0.15) is 0 Å². The van der Waals surface area contributed by atoms with Crippen molar-refractivity contribution in [3.63, 3.8) is 0 Å². The number of hydrogen-bond acceptors (Lipinski definition) is 3. The van der Waals surface area contributed by atoms with Crippen molar-refractivity contribution in [2.75, 3.05) is 14.1 Å². The monoisotopic (exact) mass is 256 g/mol. The van der Waals surface area contributed by atoms with Gasteiger partial charge >= 0.3 is 5.97 Å². The number of rotatable bonds is 8.